The summed E-state index contributed by atoms with van der Waals surface area (Å²) in [6.07, 6.45) is 3.69. The van der Waals surface area contributed by atoms with E-state index in [0.29, 0.717) is 18.8 Å². The molecule has 0 unspecified atom stereocenters. The fourth-order valence-electron chi connectivity index (χ4n) is 2.47. The van der Waals surface area contributed by atoms with Crippen LogP contribution in [0.3, 0.4) is 0 Å². The lowest BCUT2D eigenvalue weighted by Gasteiger charge is -2.06. The van der Waals surface area contributed by atoms with Gasteiger partial charge in [-0.05, 0) is 17.7 Å². The molecular formula is C16H14N4. The van der Waals surface area contributed by atoms with Crippen LogP contribution in [0.4, 0.5) is 0 Å². The van der Waals surface area contributed by atoms with Crippen molar-refractivity contribution in [1.29, 1.82) is 5.26 Å². The molecule has 2 N–H and O–H groups in total. The van der Waals surface area contributed by atoms with Crippen LogP contribution in [-0.2, 0) is 13.1 Å². The molecule has 0 bridgehead atoms. The van der Waals surface area contributed by atoms with Crippen molar-refractivity contribution in [3.63, 3.8) is 0 Å². The van der Waals surface area contributed by atoms with Crippen LogP contribution >= 0.6 is 0 Å². The first-order valence-corrected chi connectivity index (χ1v) is 6.44. The Kier molecular flexibility index (Phi) is 3.20. The van der Waals surface area contributed by atoms with Crippen molar-refractivity contribution in [2.24, 2.45) is 5.73 Å². The molecule has 0 atom stereocenters. The van der Waals surface area contributed by atoms with E-state index in [9.17, 15) is 0 Å². The minimum absolute atomic E-state index is 0.472. The number of aromatic nitrogens is 2. The molecule has 0 amide bonds. The van der Waals surface area contributed by atoms with E-state index in [2.05, 4.69) is 33.9 Å². The molecule has 4 nitrogen and oxygen atoms in total. The van der Waals surface area contributed by atoms with Gasteiger partial charge in [-0.1, -0.05) is 24.3 Å². The summed E-state index contributed by atoms with van der Waals surface area (Å²) >= 11 is 0. The summed E-state index contributed by atoms with van der Waals surface area (Å²) in [6.45, 7) is 1.13. The average Bonchev–Trinajstić information content (AvgIpc) is 2.86. The van der Waals surface area contributed by atoms with Crippen LogP contribution < -0.4 is 5.73 Å². The number of nitrogens with zero attached hydrogens (tertiary/aromatic N) is 3. The SMILES string of the molecule is N#Cc1ncccc1Cn1cc(CN)c2ccccc21. The molecule has 20 heavy (non-hydrogen) atoms. The molecule has 0 aliphatic carbocycles. The highest BCUT2D eigenvalue weighted by Crippen LogP contribution is 2.22. The predicted octanol–water partition coefficient (Wildman–Crippen LogP) is 2.41. The monoisotopic (exact) mass is 262 g/mol. The number of hydrogen-bond donors (Lipinski definition) is 1. The molecule has 0 radical (unpaired) electrons. The van der Waals surface area contributed by atoms with Gasteiger partial charge in [-0.15, -0.1) is 0 Å². The van der Waals surface area contributed by atoms with Gasteiger partial charge in [0.15, 0.2) is 0 Å². The Morgan fingerprint density at radius 1 is 1.15 bits per heavy atom. The smallest absolute Gasteiger partial charge is 0.145 e. The van der Waals surface area contributed by atoms with E-state index < -0.39 is 0 Å². The number of hydrogen-bond acceptors (Lipinski definition) is 3. The maximum absolute atomic E-state index is 9.12. The minimum Gasteiger partial charge on any atom is -0.343 e. The van der Waals surface area contributed by atoms with Crippen molar-refractivity contribution in [2.45, 2.75) is 13.1 Å². The van der Waals surface area contributed by atoms with E-state index in [4.69, 9.17) is 11.0 Å². The summed E-state index contributed by atoms with van der Waals surface area (Å²) in [7, 11) is 0. The Labute approximate surface area is 117 Å². The molecule has 3 rings (SSSR count). The van der Waals surface area contributed by atoms with Gasteiger partial charge >= 0.3 is 0 Å². The quantitative estimate of drug-likeness (QED) is 0.788. The molecule has 3 aromatic rings. The zero-order valence-electron chi connectivity index (χ0n) is 11.0. The van der Waals surface area contributed by atoms with Crippen molar-refractivity contribution in [2.75, 3.05) is 0 Å². The summed E-state index contributed by atoms with van der Waals surface area (Å²) in [5.41, 5.74) is 9.43. The fraction of sp³-hybridized carbons (Fsp3) is 0.125. The summed E-state index contributed by atoms with van der Waals surface area (Å²) < 4.78 is 2.12. The standard InChI is InChI=1S/C16H14N4/c17-8-13-11-20(16-6-2-1-5-14(13)16)10-12-4-3-7-19-15(12)9-18/h1-7,11H,8,10,17H2. The second kappa shape index (κ2) is 5.16. The third kappa shape index (κ3) is 2.04. The van der Waals surface area contributed by atoms with Crippen molar-refractivity contribution >= 4 is 10.9 Å². The second-order valence-corrected chi connectivity index (χ2v) is 4.63. The van der Waals surface area contributed by atoms with Crippen LogP contribution in [-0.4, -0.2) is 9.55 Å². The Hall–Kier alpha value is -2.64. The molecular weight excluding hydrogens is 248 g/mol. The highest BCUT2D eigenvalue weighted by Gasteiger charge is 2.09. The number of fused-ring (bicyclic) bond motifs is 1. The molecule has 2 aromatic heterocycles. The molecule has 1 aromatic carbocycles. The lowest BCUT2D eigenvalue weighted by atomic mass is 10.2. The normalized spacial score (nSPS) is 10.6. The summed E-state index contributed by atoms with van der Waals surface area (Å²) in [4.78, 5) is 4.10. The Bertz CT molecular complexity index is 796. The number of pyridine rings is 1. The van der Waals surface area contributed by atoms with Crippen molar-refractivity contribution in [3.05, 3.63) is 65.6 Å². The van der Waals surface area contributed by atoms with Crippen molar-refractivity contribution < 1.29 is 0 Å². The van der Waals surface area contributed by atoms with Gasteiger partial charge in [0.25, 0.3) is 0 Å². The topological polar surface area (TPSA) is 67.6 Å². The van der Waals surface area contributed by atoms with Crippen LogP contribution in [0.15, 0.2) is 48.8 Å². The Morgan fingerprint density at radius 3 is 2.80 bits per heavy atom. The minimum atomic E-state index is 0.472. The van der Waals surface area contributed by atoms with Crippen LogP contribution in [0, 0.1) is 11.3 Å². The third-order valence-corrected chi connectivity index (χ3v) is 3.43. The first-order valence-electron chi connectivity index (χ1n) is 6.44. The highest BCUT2D eigenvalue weighted by molar-refractivity contribution is 5.84. The number of para-hydroxylation sites is 1. The lowest BCUT2D eigenvalue weighted by Crippen LogP contribution is -2.02. The number of benzene rings is 1. The van der Waals surface area contributed by atoms with Gasteiger partial charge < -0.3 is 10.3 Å². The van der Waals surface area contributed by atoms with E-state index in [1.54, 1.807) is 6.20 Å². The average molecular weight is 262 g/mol. The maximum Gasteiger partial charge on any atom is 0.145 e. The third-order valence-electron chi connectivity index (χ3n) is 3.43. The van der Waals surface area contributed by atoms with Gasteiger partial charge in [0, 0.05) is 35.4 Å². The number of rotatable bonds is 3. The molecule has 0 aliphatic heterocycles. The Balaban J connectivity index is 2.10. The molecule has 0 saturated heterocycles. The van der Waals surface area contributed by atoms with E-state index in [-0.39, 0.29) is 0 Å². The zero-order valence-corrected chi connectivity index (χ0v) is 11.0. The summed E-state index contributed by atoms with van der Waals surface area (Å²) in [6, 6.07) is 14.1. The molecule has 0 spiro atoms. The van der Waals surface area contributed by atoms with Gasteiger partial charge in [0.05, 0.1) is 6.54 Å². The molecule has 2 heterocycles. The lowest BCUT2D eigenvalue weighted by molar-refractivity contribution is 0.821. The molecule has 0 saturated carbocycles. The molecule has 98 valence electrons. The molecule has 4 heteroatoms. The van der Waals surface area contributed by atoms with E-state index in [1.807, 2.05) is 24.3 Å². The van der Waals surface area contributed by atoms with Gasteiger partial charge in [-0.25, -0.2) is 4.98 Å². The van der Waals surface area contributed by atoms with Crippen LogP contribution in [0.2, 0.25) is 0 Å². The van der Waals surface area contributed by atoms with Gasteiger partial charge in [-0.3, -0.25) is 0 Å². The zero-order chi connectivity index (χ0) is 13.9. The number of nitriles is 1. The van der Waals surface area contributed by atoms with Gasteiger partial charge in [0.1, 0.15) is 11.8 Å². The summed E-state index contributed by atoms with van der Waals surface area (Å²) in [5.74, 6) is 0. The van der Waals surface area contributed by atoms with E-state index >= 15 is 0 Å². The predicted molar refractivity (Wildman–Crippen MR) is 77.9 cm³/mol. The van der Waals surface area contributed by atoms with Gasteiger partial charge in [-0.2, -0.15) is 5.26 Å². The van der Waals surface area contributed by atoms with E-state index in [1.165, 1.54) is 0 Å². The largest absolute Gasteiger partial charge is 0.343 e. The molecule has 0 aliphatic rings. The van der Waals surface area contributed by atoms with Crippen LogP contribution in [0.1, 0.15) is 16.8 Å². The van der Waals surface area contributed by atoms with Crippen LogP contribution in [0.5, 0.6) is 0 Å². The fourth-order valence-corrected chi connectivity index (χ4v) is 2.47. The van der Waals surface area contributed by atoms with Crippen molar-refractivity contribution in [1.82, 2.24) is 9.55 Å². The number of nitrogens with two attached hydrogens (primary N) is 1. The molecule has 0 fully saturated rings. The summed E-state index contributed by atoms with van der Waals surface area (Å²) in [5, 5.41) is 10.3. The Morgan fingerprint density at radius 2 is 2.00 bits per heavy atom. The first-order chi connectivity index (χ1) is 9.83. The van der Waals surface area contributed by atoms with E-state index in [0.717, 1.165) is 22.0 Å². The second-order valence-electron chi connectivity index (χ2n) is 4.63. The van der Waals surface area contributed by atoms with Crippen molar-refractivity contribution in [3.8, 4) is 6.07 Å². The van der Waals surface area contributed by atoms with Gasteiger partial charge in [0.2, 0.25) is 0 Å². The van der Waals surface area contributed by atoms with Crippen LogP contribution in [0.25, 0.3) is 10.9 Å². The first kappa shape index (κ1) is 12.4. The maximum atomic E-state index is 9.12. The highest BCUT2D eigenvalue weighted by atomic mass is 15.0.